The predicted octanol–water partition coefficient (Wildman–Crippen LogP) is 5.50. The summed E-state index contributed by atoms with van der Waals surface area (Å²) < 4.78 is 42.3. The van der Waals surface area contributed by atoms with E-state index in [0.29, 0.717) is 56.5 Å². The number of nitrogens with zero attached hydrogens (tertiary/aromatic N) is 2. The molecule has 0 amide bonds. The number of ketones is 2. The Balaban J connectivity index is 1.11. The number of methoxy groups -OCH3 is 4. The Morgan fingerprint density at radius 3 is 1.74 bits per heavy atom. The maximum atomic E-state index is 13.8. The molecule has 0 unspecified atom stereocenters. The first-order chi connectivity index (χ1) is 27.4. The zero-order chi connectivity index (χ0) is 41.0. The molecule has 296 valence electrons. The summed E-state index contributed by atoms with van der Waals surface area (Å²) in [6.07, 6.45) is 3.43. The van der Waals surface area contributed by atoms with E-state index in [1.165, 1.54) is 52.7 Å². The average Bonchev–Trinajstić information content (AvgIpc) is 3.67. The fourth-order valence-electron chi connectivity index (χ4n) is 6.74. The van der Waals surface area contributed by atoms with E-state index < -0.39 is 11.9 Å². The van der Waals surface area contributed by atoms with Crippen molar-refractivity contribution in [2.24, 2.45) is 0 Å². The minimum Gasteiger partial charge on any atom is -0.494 e. The highest BCUT2D eigenvalue weighted by Gasteiger charge is 2.27. The molecule has 4 heterocycles. The van der Waals surface area contributed by atoms with E-state index in [1.54, 1.807) is 71.4 Å². The van der Waals surface area contributed by atoms with E-state index in [1.807, 2.05) is 0 Å². The fourth-order valence-corrected chi connectivity index (χ4v) is 6.74. The number of carbonyl (C=O) groups is 4. The van der Waals surface area contributed by atoms with Gasteiger partial charge in [0.1, 0.15) is 47.4 Å². The van der Waals surface area contributed by atoms with Crippen LogP contribution in [0.25, 0.3) is 11.0 Å². The highest BCUT2D eigenvalue weighted by Crippen LogP contribution is 2.38. The lowest BCUT2D eigenvalue weighted by Crippen LogP contribution is -2.13. The van der Waals surface area contributed by atoms with Crippen LogP contribution in [-0.2, 0) is 14.2 Å². The Hall–Kier alpha value is -7.00. The van der Waals surface area contributed by atoms with E-state index >= 15 is 0 Å². The molecule has 0 saturated carbocycles. The molecule has 0 saturated heterocycles. The number of nitrogen functional groups attached to an aromatic ring is 2. The van der Waals surface area contributed by atoms with E-state index in [-0.39, 0.29) is 71.6 Å². The van der Waals surface area contributed by atoms with E-state index in [2.05, 4.69) is 0 Å². The first-order valence-electron chi connectivity index (χ1n) is 17.7. The largest absolute Gasteiger partial charge is 0.494 e. The van der Waals surface area contributed by atoms with Gasteiger partial charge in [-0.15, -0.1) is 0 Å². The number of hydrogen-bond acceptors (Lipinski definition) is 13. The molecule has 6 rings (SSSR count). The fraction of sp³-hybridized carbons (Fsp3) is 0.238. The van der Waals surface area contributed by atoms with Crippen molar-refractivity contribution in [2.45, 2.75) is 13.8 Å². The third-order valence-corrected chi connectivity index (χ3v) is 9.46. The van der Waals surface area contributed by atoms with Gasteiger partial charge in [-0.1, -0.05) is 0 Å². The van der Waals surface area contributed by atoms with Crippen LogP contribution in [0.1, 0.15) is 63.9 Å². The summed E-state index contributed by atoms with van der Waals surface area (Å²) >= 11 is 0. The Labute approximate surface area is 327 Å². The number of carbonyl (C=O) groups excluding carboxylic acids is 4. The SMILES string of the molecule is COC(=O)c1cc(C(=O)c2c(C)c(OC)c3ccc(OCCOCCOc4cccn5c(C(=O)c6ccc(N)c(C(=O)OC)c6)c(C)c(OC)c45)cn23)ccc1N. The number of anilines is 2. The number of benzene rings is 2. The lowest BCUT2D eigenvalue weighted by atomic mass is 10.0. The maximum absolute atomic E-state index is 13.8. The van der Waals surface area contributed by atoms with Gasteiger partial charge >= 0.3 is 11.9 Å². The molecule has 4 N–H and O–H groups in total. The molecule has 15 heteroatoms. The molecule has 0 bridgehead atoms. The van der Waals surface area contributed by atoms with Gasteiger partial charge in [-0.05, 0) is 74.5 Å². The van der Waals surface area contributed by atoms with Crippen molar-refractivity contribution in [1.29, 1.82) is 0 Å². The molecule has 0 atom stereocenters. The van der Waals surface area contributed by atoms with Crippen molar-refractivity contribution in [3.8, 4) is 23.0 Å². The number of ether oxygens (including phenoxy) is 7. The zero-order valence-electron chi connectivity index (χ0n) is 32.3. The Morgan fingerprint density at radius 2 is 1.18 bits per heavy atom. The molecule has 6 aromatic rings. The molecule has 0 fully saturated rings. The monoisotopic (exact) mass is 778 g/mol. The van der Waals surface area contributed by atoms with Crippen molar-refractivity contribution >= 4 is 45.9 Å². The van der Waals surface area contributed by atoms with Crippen LogP contribution in [0.5, 0.6) is 23.0 Å². The first kappa shape index (κ1) is 39.7. The highest BCUT2D eigenvalue weighted by atomic mass is 16.5. The first-order valence-corrected chi connectivity index (χ1v) is 17.7. The third-order valence-electron chi connectivity index (χ3n) is 9.46. The summed E-state index contributed by atoms with van der Waals surface area (Å²) in [4.78, 5) is 52.2. The number of esters is 2. The summed E-state index contributed by atoms with van der Waals surface area (Å²) in [5, 5.41) is 0. The van der Waals surface area contributed by atoms with Gasteiger partial charge < -0.3 is 53.4 Å². The summed E-state index contributed by atoms with van der Waals surface area (Å²) in [7, 11) is 5.53. The predicted molar refractivity (Wildman–Crippen MR) is 210 cm³/mol. The quantitative estimate of drug-likeness (QED) is 0.0542. The second-order valence-electron chi connectivity index (χ2n) is 12.8. The molecular weight excluding hydrogens is 736 g/mol. The minimum absolute atomic E-state index is 0.0915. The average molecular weight is 779 g/mol. The molecule has 0 aliphatic carbocycles. The Bertz CT molecular complexity index is 2540. The highest BCUT2D eigenvalue weighted by molar-refractivity contribution is 6.13. The third kappa shape index (κ3) is 7.52. The van der Waals surface area contributed by atoms with Crippen molar-refractivity contribution in [3.05, 3.63) is 118 Å². The van der Waals surface area contributed by atoms with Gasteiger partial charge in [0.2, 0.25) is 11.6 Å². The minimum atomic E-state index is -0.647. The van der Waals surface area contributed by atoms with E-state index in [9.17, 15) is 19.2 Å². The van der Waals surface area contributed by atoms with Gasteiger partial charge in [0.15, 0.2) is 5.75 Å². The normalized spacial score (nSPS) is 11.1. The van der Waals surface area contributed by atoms with Gasteiger partial charge in [-0.3, -0.25) is 9.59 Å². The number of nitrogens with two attached hydrogens (primary N) is 2. The Kier molecular flexibility index (Phi) is 11.7. The van der Waals surface area contributed by atoms with Crippen LogP contribution in [0, 0.1) is 13.8 Å². The van der Waals surface area contributed by atoms with Gasteiger partial charge in [0.05, 0.1) is 64.5 Å². The molecule has 2 aromatic carbocycles. The van der Waals surface area contributed by atoms with Crippen LogP contribution in [0.4, 0.5) is 11.4 Å². The summed E-state index contributed by atoms with van der Waals surface area (Å²) in [6.45, 7) is 4.39. The van der Waals surface area contributed by atoms with Crippen LogP contribution in [0.2, 0.25) is 0 Å². The van der Waals surface area contributed by atoms with E-state index in [0.717, 1.165) is 0 Å². The molecule has 0 radical (unpaired) electrons. The Morgan fingerprint density at radius 1 is 0.632 bits per heavy atom. The van der Waals surface area contributed by atoms with Crippen LogP contribution < -0.4 is 30.4 Å². The van der Waals surface area contributed by atoms with Crippen LogP contribution in [-0.4, -0.2) is 87.2 Å². The van der Waals surface area contributed by atoms with Crippen LogP contribution in [0.15, 0.2) is 73.1 Å². The second kappa shape index (κ2) is 16.8. The number of fused-ring (bicyclic) bond motifs is 2. The summed E-state index contributed by atoms with van der Waals surface area (Å²) in [5.41, 5.74) is 16.1. The van der Waals surface area contributed by atoms with E-state index in [4.69, 9.17) is 44.6 Å². The molecule has 0 aliphatic heterocycles. The van der Waals surface area contributed by atoms with Crippen molar-refractivity contribution in [1.82, 2.24) is 8.80 Å². The van der Waals surface area contributed by atoms with Crippen molar-refractivity contribution in [2.75, 3.05) is 66.3 Å². The summed E-state index contributed by atoms with van der Waals surface area (Å²) in [6, 6.07) is 16.0. The van der Waals surface area contributed by atoms with Crippen LogP contribution in [0.3, 0.4) is 0 Å². The standard InChI is InChI=1S/C42H42N4O11/c1-23-35(38(48)26-10-13-31(44)29(21-26)42(50)54-6)46-22-27(11-14-32(46)39(23)51-3)56-18-16-55-17-19-57-33-8-7-15-45-34(24(2)40(52-4)36(33)45)37(47)25-9-12-30(43)28(20-25)41(49)53-5/h7-15,20-22H,16-19,43-44H2,1-6H3. The number of rotatable bonds is 16. The second-order valence-corrected chi connectivity index (χ2v) is 12.8. The number of pyridine rings is 2. The van der Waals surface area contributed by atoms with Crippen LogP contribution >= 0.6 is 0 Å². The molecule has 4 aromatic heterocycles. The molecule has 0 aliphatic rings. The smallest absolute Gasteiger partial charge is 0.339 e. The molecule has 15 nitrogen and oxygen atoms in total. The maximum Gasteiger partial charge on any atom is 0.339 e. The number of aromatic nitrogens is 2. The lowest BCUT2D eigenvalue weighted by molar-refractivity contribution is 0.0593. The van der Waals surface area contributed by atoms with Gasteiger partial charge in [-0.2, -0.15) is 0 Å². The van der Waals surface area contributed by atoms with Gasteiger partial charge in [-0.25, -0.2) is 9.59 Å². The molecular formula is C42H42N4O11. The molecule has 57 heavy (non-hydrogen) atoms. The number of hydrogen-bond donors (Lipinski definition) is 2. The van der Waals surface area contributed by atoms with Gasteiger partial charge in [0, 0.05) is 39.8 Å². The summed E-state index contributed by atoms with van der Waals surface area (Å²) in [5.74, 6) is -0.0458. The lowest BCUT2D eigenvalue weighted by Gasteiger charge is -2.12. The van der Waals surface area contributed by atoms with Crippen molar-refractivity contribution in [3.63, 3.8) is 0 Å². The van der Waals surface area contributed by atoms with Gasteiger partial charge in [0.25, 0.3) is 0 Å². The topological polar surface area (TPSA) is 194 Å². The molecule has 0 spiro atoms. The zero-order valence-corrected chi connectivity index (χ0v) is 32.3. The van der Waals surface area contributed by atoms with Crippen molar-refractivity contribution < 1.29 is 52.3 Å².